The zero-order chi connectivity index (χ0) is 11.4. The largest absolute Gasteiger partial charge is 0.497 e. The van der Waals surface area contributed by atoms with Crippen LogP contribution in [0.3, 0.4) is 0 Å². The summed E-state index contributed by atoms with van der Waals surface area (Å²) in [6.45, 7) is 6.73. The minimum absolute atomic E-state index is 0.494. The highest BCUT2D eigenvalue weighted by Gasteiger charge is 2.17. The Balaban J connectivity index is 2.04. The second-order valence-electron chi connectivity index (χ2n) is 4.24. The summed E-state index contributed by atoms with van der Waals surface area (Å²) in [7, 11) is 1.70. The molecule has 0 unspecified atom stereocenters. The molecule has 1 saturated heterocycles. The topological polar surface area (TPSA) is 24.5 Å². The van der Waals surface area contributed by atoms with Crippen LogP contribution >= 0.6 is 0 Å². The predicted octanol–water partition coefficient (Wildman–Crippen LogP) is 1.66. The van der Waals surface area contributed by atoms with Crippen LogP contribution in [-0.4, -0.2) is 38.2 Å². The van der Waals surface area contributed by atoms with E-state index in [9.17, 15) is 0 Å². The number of nitrogens with zero attached hydrogens (tertiary/aromatic N) is 1. The summed E-state index contributed by atoms with van der Waals surface area (Å²) >= 11 is 0. The zero-order valence-corrected chi connectivity index (χ0v) is 10.1. The Labute approximate surface area is 97.4 Å². The van der Waals surface area contributed by atoms with Crippen LogP contribution in [0, 0.1) is 0 Å². The van der Waals surface area contributed by atoms with Gasteiger partial charge in [0.1, 0.15) is 5.75 Å². The fourth-order valence-electron chi connectivity index (χ4n) is 2.16. The Morgan fingerprint density at radius 2 is 1.81 bits per heavy atom. The summed E-state index contributed by atoms with van der Waals surface area (Å²) in [5.41, 5.74) is 1.36. The molecule has 88 valence electrons. The van der Waals surface area contributed by atoms with E-state index in [4.69, 9.17) is 4.74 Å². The summed E-state index contributed by atoms with van der Waals surface area (Å²) in [6.07, 6.45) is 0. The van der Waals surface area contributed by atoms with E-state index in [1.165, 1.54) is 5.56 Å². The standard InChI is InChI=1S/C13H20N2O/c1-11(15-9-7-14-8-10-15)12-3-5-13(16-2)6-4-12/h3-6,11,14H,7-10H2,1-2H3/t11-/m1/s1. The minimum Gasteiger partial charge on any atom is -0.497 e. The molecule has 0 spiro atoms. The molecule has 1 aliphatic rings. The molecule has 3 heteroatoms. The van der Waals surface area contributed by atoms with E-state index >= 15 is 0 Å². The van der Waals surface area contributed by atoms with Crippen LogP contribution in [0.15, 0.2) is 24.3 Å². The maximum atomic E-state index is 5.17. The van der Waals surface area contributed by atoms with Crippen LogP contribution in [-0.2, 0) is 0 Å². The fraction of sp³-hybridized carbons (Fsp3) is 0.538. The molecule has 1 aromatic rings. The van der Waals surface area contributed by atoms with E-state index in [0.29, 0.717) is 6.04 Å². The highest BCUT2D eigenvalue weighted by molar-refractivity contribution is 5.28. The van der Waals surface area contributed by atoms with Crippen LogP contribution < -0.4 is 10.1 Å². The van der Waals surface area contributed by atoms with Gasteiger partial charge in [0.2, 0.25) is 0 Å². The van der Waals surface area contributed by atoms with Gasteiger partial charge >= 0.3 is 0 Å². The van der Waals surface area contributed by atoms with Crippen LogP contribution in [0.2, 0.25) is 0 Å². The van der Waals surface area contributed by atoms with Crippen molar-refractivity contribution in [3.63, 3.8) is 0 Å². The molecule has 0 bridgehead atoms. The van der Waals surface area contributed by atoms with Crippen molar-refractivity contribution in [1.82, 2.24) is 10.2 Å². The minimum atomic E-state index is 0.494. The summed E-state index contributed by atoms with van der Waals surface area (Å²) in [5, 5.41) is 3.38. The Bertz CT molecular complexity index is 317. The maximum absolute atomic E-state index is 5.17. The van der Waals surface area contributed by atoms with Crippen molar-refractivity contribution >= 4 is 0 Å². The molecule has 1 heterocycles. The second kappa shape index (κ2) is 5.32. The molecular formula is C13H20N2O. The van der Waals surface area contributed by atoms with Crippen molar-refractivity contribution in [3.05, 3.63) is 29.8 Å². The SMILES string of the molecule is COc1ccc([C@@H](C)N2CCNCC2)cc1. The average molecular weight is 220 g/mol. The fourth-order valence-corrected chi connectivity index (χ4v) is 2.16. The molecular weight excluding hydrogens is 200 g/mol. The average Bonchev–Trinajstić information content (AvgIpc) is 2.39. The molecule has 0 amide bonds. The number of rotatable bonds is 3. The first-order valence-corrected chi connectivity index (χ1v) is 5.90. The Hall–Kier alpha value is -1.06. The van der Waals surface area contributed by atoms with E-state index < -0.39 is 0 Å². The Morgan fingerprint density at radius 3 is 2.38 bits per heavy atom. The smallest absolute Gasteiger partial charge is 0.118 e. The second-order valence-corrected chi connectivity index (χ2v) is 4.24. The maximum Gasteiger partial charge on any atom is 0.118 e. The van der Waals surface area contributed by atoms with Crippen LogP contribution in [0.25, 0.3) is 0 Å². The highest BCUT2D eigenvalue weighted by atomic mass is 16.5. The van der Waals surface area contributed by atoms with E-state index in [1.54, 1.807) is 7.11 Å². The number of piperazine rings is 1. The lowest BCUT2D eigenvalue weighted by molar-refractivity contribution is 0.185. The zero-order valence-electron chi connectivity index (χ0n) is 10.1. The van der Waals surface area contributed by atoms with Gasteiger partial charge in [-0.15, -0.1) is 0 Å². The third-order valence-electron chi connectivity index (χ3n) is 3.30. The number of hydrogen-bond donors (Lipinski definition) is 1. The molecule has 0 aliphatic carbocycles. The molecule has 0 saturated carbocycles. The van der Waals surface area contributed by atoms with Crippen molar-refractivity contribution in [2.24, 2.45) is 0 Å². The Kier molecular flexibility index (Phi) is 3.80. The molecule has 2 rings (SSSR count). The molecule has 0 radical (unpaired) electrons. The first-order chi connectivity index (χ1) is 7.81. The van der Waals surface area contributed by atoms with Gasteiger partial charge in [-0.05, 0) is 24.6 Å². The summed E-state index contributed by atoms with van der Waals surface area (Å²) in [5.74, 6) is 0.927. The molecule has 1 aliphatic heterocycles. The molecule has 16 heavy (non-hydrogen) atoms. The van der Waals surface area contributed by atoms with Gasteiger partial charge in [0.15, 0.2) is 0 Å². The molecule has 1 aromatic carbocycles. The van der Waals surface area contributed by atoms with Crippen molar-refractivity contribution in [1.29, 1.82) is 0 Å². The first-order valence-electron chi connectivity index (χ1n) is 5.90. The van der Waals surface area contributed by atoms with E-state index in [2.05, 4.69) is 29.3 Å². The third-order valence-corrected chi connectivity index (χ3v) is 3.30. The van der Waals surface area contributed by atoms with Crippen molar-refractivity contribution in [3.8, 4) is 5.75 Å². The number of benzene rings is 1. The lowest BCUT2D eigenvalue weighted by Gasteiger charge is -2.33. The van der Waals surface area contributed by atoms with Gasteiger partial charge < -0.3 is 10.1 Å². The number of ether oxygens (including phenoxy) is 1. The van der Waals surface area contributed by atoms with Crippen LogP contribution in [0.5, 0.6) is 5.75 Å². The van der Waals surface area contributed by atoms with Gasteiger partial charge in [-0.2, -0.15) is 0 Å². The quantitative estimate of drug-likeness (QED) is 0.838. The van der Waals surface area contributed by atoms with E-state index in [0.717, 1.165) is 31.9 Å². The lowest BCUT2D eigenvalue weighted by Crippen LogP contribution is -2.44. The van der Waals surface area contributed by atoms with Gasteiger partial charge in [0, 0.05) is 32.2 Å². The van der Waals surface area contributed by atoms with Crippen molar-refractivity contribution in [2.75, 3.05) is 33.3 Å². The molecule has 1 N–H and O–H groups in total. The number of nitrogens with one attached hydrogen (secondary N) is 1. The lowest BCUT2D eigenvalue weighted by atomic mass is 10.1. The molecule has 1 fully saturated rings. The number of hydrogen-bond acceptors (Lipinski definition) is 3. The van der Waals surface area contributed by atoms with Gasteiger partial charge in [-0.3, -0.25) is 4.90 Å². The summed E-state index contributed by atoms with van der Waals surface area (Å²) in [6, 6.07) is 8.88. The normalized spacial score (nSPS) is 19.4. The van der Waals surface area contributed by atoms with Gasteiger partial charge in [0.05, 0.1) is 7.11 Å². The van der Waals surface area contributed by atoms with Gasteiger partial charge in [0.25, 0.3) is 0 Å². The number of methoxy groups -OCH3 is 1. The van der Waals surface area contributed by atoms with Gasteiger partial charge in [-0.1, -0.05) is 12.1 Å². The summed E-state index contributed by atoms with van der Waals surface area (Å²) in [4.78, 5) is 2.51. The first kappa shape index (κ1) is 11.4. The molecule has 0 aromatic heterocycles. The molecule has 1 atom stereocenters. The van der Waals surface area contributed by atoms with E-state index in [1.807, 2.05) is 12.1 Å². The van der Waals surface area contributed by atoms with Crippen molar-refractivity contribution < 1.29 is 4.74 Å². The third kappa shape index (κ3) is 2.54. The van der Waals surface area contributed by atoms with Crippen molar-refractivity contribution in [2.45, 2.75) is 13.0 Å². The van der Waals surface area contributed by atoms with Gasteiger partial charge in [-0.25, -0.2) is 0 Å². The van der Waals surface area contributed by atoms with Crippen LogP contribution in [0.1, 0.15) is 18.5 Å². The van der Waals surface area contributed by atoms with Crippen LogP contribution in [0.4, 0.5) is 0 Å². The monoisotopic (exact) mass is 220 g/mol. The summed E-state index contributed by atoms with van der Waals surface area (Å²) < 4.78 is 5.17. The highest BCUT2D eigenvalue weighted by Crippen LogP contribution is 2.22. The Morgan fingerprint density at radius 1 is 1.19 bits per heavy atom. The molecule has 3 nitrogen and oxygen atoms in total. The van der Waals surface area contributed by atoms with E-state index in [-0.39, 0.29) is 0 Å². The predicted molar refractivity (Wildman–Crippen MR) is 65.9 cm³/mol.